The van der Waals surface area contributed by atoms with Crippen LogP contribution in [0.5, 0.6) is 0 Å². The first-order valence-corrected chi connectivity index (χ1v) is 5.24. The van der Waals surface area contributed by atoms with Gasteiger partial charge in [-0.1, -0.05) is 32.0 Å². The predicted octanol–water partition coefficient (Wildman–Crippen LogP) is 3.21. The van der Waals surface area contributed by atoms with Gasteiger partial charge in [0.25, 0.3) is 5.92 Å². The fourth-order valence-corrected chi connectivity index (χ4v) is 1.92. The van der Waals surface area contributed by atoms with Crippen LogP contribution in [0.15, 0.2) is 18.2 Å². The van der Waals surface area contributed by atoms with E-state index in [-0.39, 0.29) is 6.42 Å². The summed E-state index contributed by atoms with van der Waals surface area (Å²) in [7, 11) is 0. The zero-order valence-corrected chi connectivity index (χ0v) is 9.35. The van der Waals surface area contributed by atoms with Crippen molar-refractivity contribution in [2.24, 2.45) is 5.73 Å². The third-order valence-corrected chi connectivity index (χ3v) is 2.61. The minimum atomic E-state index is -2.77. The number of rotatable bonds is 0. The molecule has 0 radical (unpaired) electrons. The molecule has 0 saturated carbocycles. The van der Waals surface area contributed by atoms with Crippen LogP contribution in [-0.2, 0) is 6.42 Å². The Morgan fingerprint density at radius 3 is 2.47 bits per heavy atom. The lowest BCUT2D eigenvalue weighted by Crippen LogP contribution is -2.29. The highest BCUT2D eigenvalue weighted by molar-refractivity contribution is 5.43. The molecule has 1 nitrogen and oxygen atoms in total. The van der Waals surface area contributed by atoms with Crippen LogP contribution in [0, 0.1) is 6.92 Å². The molecule has 1 aromatic rings. The summed E-state index contributed by atoms with van der Waals surface area (Å²) in [4.78, 5) is 0. The fourth-order valence-electron chi connectivity index (χ4n) is 1.92. The van der Waals surface area contributed by atoms with Gasteiger partial charge in [0.2, 0.25) is 0 Å². The van der Waals surface area contributed by atoms with Crippen molar-refractivity contribution in [2.45, 2.75) is 39.2 Å². The first-order chi connectivity index (χ1) is 7.02. The molecule has 84 valence electrons. The standard InChI is InChI=1S/C10H11F2N.C2H6/c1-6-3-2-4-7-5-10(11,12)9(13)8(6)7;1-2/h2-4,9H,5,13H2,1H3;1-2H3. The summed E-state index contributed by atoms with van der Waals surface area (Å²) in [6.07, 6.45) is -0.217. The Labute approximate surface area is 89.3 Å². The van der Waals surface area contributed by atoms with Crippen LogP contribution in [0.2, 0.25) is 0 Å². The Morgan fingerprint density at radius 2 is 1.93 bits per heavy atom. The Bertz CT molecular complexity index is 347. The number of fused-ring (bicyclic) bond motifs is 1. The lowest BCUT2D eigenvalue weighted by atomic mass is 10.0. The monoisotopic (exact) mass is 213 g/mol. The van der Waals surface area contributed by atoms with E-state index in [0.717, 1.165) is 5.56 Å². The maximum atomic E-state index is 13.2. The van der Waals surface area contributed by atoms with Gasteiger partial charge >= 0.3 is 0 Å². The van der Waals surface area contributed by atoms with E-state index in [4.69, 9.17) is 5.73 Å². The van der Waals surface area contributed by atoms with Gasteiger partial charge in [0.05, 0.1) is 6.04 Å². The molecule has 0 aromatic heterocycles. The molecule has 1 aliphatic carbocycles. The van der Waals surface area contributed by atoms with E-state index in [1.54, 1.807) is 12.1 Å². The minimum absolute atomic E-state index is 0.217. The number of benzene rings is 1. The fraction of sp³-hybridized carbons (Fsp3) is 0.500. The normalized spacial score (nSPS) is 21.6. The van der Waals surface area contributed by atoms with Crippen molar-refractivity contribution in [2.75, 3.05) is 0 Å². The molecular weight excluding hydrogens is 196 g/mol. The summed E-state index contributed by atoms with van der Waals surface area (Å²) < 4.78 is 26.4. The van der Waals surface area contributed by atoms with Crippen LogP contribution in [0.4, 0.5) is 8.78 Å². The van der Waals surface area contributed by atoms with E-state index in [2.05, 4.69) is 0 Å². The number of nitrogens with two attached hydrogens (primary N) is 1. The molecule has 2 rings (SSSR count). The summed E-state index contributed by atoms with van der Waals surface area (Å²) in [5.41, 5.74) is 7.66. The second-order valence-corrected chi connectivity index (χ2v) is 3.56. The zero-order valence-electron chi connectivity index (χ0n) is 9.35. The second-order valence-electron chi connectivity index (χ2n) is 3.56. The summed E-state index contributed by atoms with van der Waals surface area (Å²) in [5.74, 6) is -2.77. The highest BCUT2D eigenvalue weighted by Gasteiger charge is 2.45. The second kappa shape index (κ2) is 4.27. The average Bonchev–Trinajstić information content (AvgIpc) is 2.42. The molecule has 15 heavy (non-hydrogen) atoms. The molecule has 0 amide bonds. The lowest BCUT2D eigenvalue weighted by molar-refractivity contribution is -0.0136. The van der Waals surface area contributed by atoms with Crippen LogP contribution < -0.4 is 5.73 Å². The van der Waals surface area contributed by atoms with Crippen molar-refractivity contribution in [3.8, 4) is 0 Å². The van der Waals surface area contributed by atoms with Crippen LogP contribution in [0.25, 0.3) is 0 Å². The molecule has 0 saturated heterocycles. The quantitative estimate of drug-likeness (QED) is 0.703. The van der Waals surface area contributed by atoms with Crippen LogP contribution in [-0.4, -0.2) is 5.92 Å². The number of alkyl halides is 2. The van der Waals surface area contributed by atoms with Gasteiger partial charge in [-0.3, -0.25) is 0 Å². The zero-order chi connectivity index (χ0) is 11.6. The van der Waals surface area contributed by atoms with Gasteiger partial charge in [-0.05, 0) is 23.6 Å². The van der Waals surface area contributed by atoms with Crippen molar-refractivity contribution in [3.05, 3.63) is 34.9 Å². The number of halogens is 2. The highest BCUT2D eigenvalue weighted by atomic mass is 19.3. The van der Waals surface area contributed by atoms with Gasteiger partial charge in [0, 0.05) is 6.42 Å². The summed E-state index contributed by atoms with van der Waals surface area (Å²) >= 11 is 0. The number of hydrogen-bond acceptors (Lipinski definition) is 1. The maximum absolute atomic E-state index is 13.2. The van der Waals surface area contributed by atoms with Crippen molar-refractivity contribution < 1.29 is 8.78 Å². The number of hydrogen-bond donors (Lipinski definition) is 1. The van der Waals surface area contributed by atoms with E-state index in [0.29, 0.717) is 11.1 Å². The molecule has 0 heterocycles. The topological polar surface area (TPSA) is 26.0 Å². The molecule has 1 unspecified atom stereocenters. The Hall–Kier alpha value is -0.960. The average molecular weight is 213 g/mol. The predicted molar refractivity (Wildman–Crippen MR) is 58.1 cm³/mol. The van der Waals surface area contributed by atoms with Crippen molar-refractivity contribution in [1.29, 1.82) is 0 Å². The smallest absolute Gasteiger partial charge is 0.271 e. The molecule has 0 aliphatic heterocycles. The summed E-state index contributed by atoms with van der Waals surface area (Å²) in [6.45, 7) is 5.82. The van der Waals surface area contributed by atoms with E-state index in [1.807, 2.05) is 26.8 Å². The first kappa shape index (κ1) is 12.1. The Morgan fingerprint density at radius 1 is 1.33 bits per heavy atom. The van der Waals surface area contributed by atoms with Crippen LogP contribution in [0.1, 0.15) is 36.6 Å². The third-order valence-electron chi connectivity index (χ3n) is 2.61. The molecule has 1 aromatic carbocycles. The van der Waals surface area contributed by atoms with E-state index in [1.165, 1.54) is 0 Å². The maximum Gasteiger partial charge on any atom is 0.271 e. The van der Waals surface area contributed by atoms with Gasteiger partial charge in [0.15, 0.2) is 0 Å². The van der Waals surface area contributed by atoms with E-state index in [9.17, 15) is 8.78 Å². The first-order valence-electron chi connectivity index (χ1n) is 5.24. The Kier molecular flexibility index (Phi) is 3.45. The van der Waals surface area contributed by atoms with Gasteiger partial charge in [-0.2, -0.15) is 0 Å². The molecule has 2 N–H and O–H groups in total. The van der Waals surface area contributed by atoms with Gasteiger partial charge in [0.1, 0.15) is 0 Å². The van der Waals surface area contributed by atoms with Crippen LogP contribution >= 0.6 is 0 Å². The molecule has 0 spiro atoms. The molecule has 3 heteroatoms. The molecular formula is C12H17F2N. The largest absolute Gasteiger partial charge is 0.319 e. The summed E-state index contributed by atoms with van der Waals surface area (Å²) in [5, 5.41) is 0. The van der Waals surface area contributed by atoms with Gasteiger partial charge in [-0.25, -0.2) is 8.78 Å². The molecule has 1 aliphatic rings. The SMILES string of the molecule is CC.Cc1cccc2c1C(N)C(F)(F)C2. The van der Waals surface area contributed by atoms with Crippen molar-refractivity contribution >= 4 is 0 Å². The third kappa shape index (κ3) is 2.02. The minimum Gasteiger partial charge on any atom is -0.319 e. The van der Waals surface area contributed by atoms with Gasteiger partial charge < -0.3 is 5.73 Å². The van der Waals surface area contributed by atoms with Crippen molar-refractivity contribution in [1.82, 2.24) is 0 Å². The Balaban J connectivity index is 0.000000531. The lowest BCUT2D eigenvalue weighted by Gasteiger charge is -2.15. The highest BCUT2D eigenvalue weighted by Crippen LogP contribution is 2.42. The van der Waals surface area contributed by atoms with Crippen LogP contribution in [0.3, 0.4) is 0 Å². The molecule has 0 bridgehead atoms. The van der Waals surface area contributed by atoms with E-state index >= 15 is 0 Å². The molecule has 0 fully saturated rings. The number of aryl methyl sites for hydroxylation is 1. The van der Waals surface area contributed by atoms with Gasteiger partial charge in [-0.15, -0.1) is 0 Å². The van der Waals surface area contributed by atoms with E-state index < -0.39 is 12.0 Å². The molecule has 1 atom stereocenters. The van der Waals surface area contributed by atoms with Crippen molar-refractivity contribution in [3.63, 3.8) is 0 Å². The summed E-state index contributed by atoms with van der Waals surface area (Å²) in [6, 6.07) is 4.22.